The number of halogens is 1. The summed E-state index contributed by atoms with van der Waals surface area (Å²) in [6.45, 7) is 7.57. The van der Waals surface area contributed by atoms with Crippen LogP contribution in [0.5, 0.6) is 0 Å². The lowest BCUT2D eigenvalue weighted by Gasteiger charge is -2.23. The molecule has 0 radical (unpaired) electrons. The van der Waals surface area contributed by atoms with Crippen LogP contribution in [0.3, 0.4) is 0 Å². The van der Waals surface area contributed by atoms with Crippen molar-refractivity contribution in [2.24, 2.45) is 0 Å². The second-order valence-corrected chi connectivity index (χ2v) is 10.5. The molecule has 41 heavy (non-hydrogen) atoms. The van der Waals surface area contributed by atoms with Gasteiger partial charge in [-0.3, -0.25) is 14.9 Å². The number of hydrogen-bond donors (Lipinski definition) is 4. The topological polar surface area (TPSA) is 93.8 Å². The minimum atomic E-state index is 0.666. The molecule has 0 aliphatic heterocycles. The van der Waals surface area contributed by atoms with Crippen molar-refractivity contribution in [1.29, 1.82) is 0 Å². The highest BCUT2D eigenvalue weighted by Crippen LogP contribution is 2.17. The highest BCUT2D eigenvalue weighted by molar-refractivity contribution is 6.31. The van der Waals surface area contributed by atoms with Crippen LogP contribution in [0.2, 0.25) is 5.02 Å². The first-order valence-electron chi connectivity index (χ1n) is 14.1. The van der Waals surface area contributed by atoms with E-state index in [1.165, 1.54) is 11.1 Å². The second-order valence-electron chi connectivity index (χ2n) is 10.0. The Hall–Kier alpha value is -3.66. The molecule has 0 aliphatic rings. The number of H-pyrrole nitrogens is 1. The smallest absolute Gasteiger partial charge is 0.121 e. The molecule has 212 valence electrons. The lowest BCUT2D eigenvalue weighted by molar-refractivity contribution is 0.263. The fraction of sp³-hybridized carbons (Fsp3) is 0.281. The van der Waals surface area contributed by atoms with Crippen molar-refractivity contribution in [3.8, 4) is 0 Å². The van der Waals surface area contributed by atoms with Gasteiger partial charge in [0.2, 0.25) is 0 Å². The number of aromatic nitrogens is 4. The van der Waals surface area contributed by atoms with Gasteiger partial charge in [0, 0.05) is 69.8 Å². The van der Waals surface area contributed by atoms with Crippen molar-refractivity contribution in [2.75, 3.05) is 26.2 Å². The van der Waals surface area contributed by atoms with E-state index in [-0.39, 0.29) is 0 Å². The van der Waals surface area contributed by atoms with Crippen molar-refractivity contribution in [3.63, 3.8) is 0 Å². The summed E-state index contributed by atoms with van der Waals surface area (Å²) in [6.07, 6.45) is 3.68. The molecule has 5 rings (SSSR count). The molecule has 5 aromatic rings. The van der Waals surface area contributed by atoms with E-state index in [1.807, 2.05) is 54.9 Å². The third kappa shape index (κ3) is 9.45. The van der Waals surface area contributed by atoms with E-state index in [0.717, 1.165) is 80.6 Å². The number of fused-ring (bicyclic) bond motifs is 1. The third-order valence-electron chi connectivity index (χ3n) is 6.82. The van der Waals surface area contributed by atoms with Gasteiger partial charge in [0.1, 0.15) is 5.82 Å². The van der Waals surface area contributed by atoms with Gasteiger partial charge in [0.25, 0.3) is 0 Å². The summed E-state index contributed by atoms with van der Waals surface area (Å²) < 4.78 is 0. The maximum absolute atomic E-state index is 6.08. The maximum Gasteiger partial charge on any atom is 0.121 e. The quantitative estimate of drug-likeness (QED) is 0.128. The zero-order valence-corrected chi connectivity index (χ0v) is 23.9. The number of rotatable bonds is 16. The summed E-state index contributed by atoms with van der Waals surface area (Å²) >= 11 is 6.08. The first kappa shape index (κ1) is 28.9. The Morgan fingerprint density at radius 2 is 1.34 bits per heavy atom. The van der Waals surface area contributed by atoms with E-state index in [4.69, 9.17) is 11.6 Å². The van der Waals surface area contributed by atoms with Gasteiger partial charge in [-0.25, -0.2) is 4.98 Å². The lowest BCUT2D eigenvalue weighted by atomic mass is 10.1. The molecule has 0 spiro atoms. The van der Waals surface area contributed by atoms with Gasteiger partial charge in [-0.05, 0) is 53.6 Å². The van der Waals surface area contributed by atoms with Crippen LogP contribution >= 0.6 is 11.6 Å². The molecular formula is C32H37ClN8. The van der Waals surface area contributed by atoms with Crippen LogP contribution in [0, 0.1) is 0 Å². The molecule has 0 amide bonds. The van der Waals surface area contributed by atoms with Crippen LogP contribution in [0.1, 0.15) is 28.3 Å². The summed E-state index contributed by atoms with van der Waals surface area (Å²) in [7, 11) is 0. The van der Waals surface area contributed by atoms with Gasteiger partial charge in [0.05, 0.1) is 29.0 Å². The lowest BCUT2D eigenvalue weighted by Crippen LogP contribution is -2.36. The largest absolute Gasteiger partial charge is 0.341 e. The zero-order valence-electron chi connectivity index (χ0n) is 23.2. The van der Waals surface area contributed by atoms with E-state index in [2.05, 4.69) is 77.2 Å². The summed E-state index contributed by atoms with van der Waals surface area (Å²) in [5.41, 5.74) is 6.56. The van der Waals surface area contributed by atoms with Gasteiger partial charge in [-0.1, -0.05) is 48.0 Å². The van der Waals surface area contributed by atoms with Gasteiger partial charge in [-0.2, -0.15) is 0 Å². The van der Waals surface area contributed by atoms with Crippen LogP contribution < -0.4 is 16.0 Å². The van der Waals surface area contributed by atoms with Crippen molar-refractivity contribution in [2.45, 2.75) is 32.7 Å². The van der Waals surface area contributed by atoms with Gasteiger partial charge < -0.3 is 20.9 Å². The average molecular weight is 569 g/mol. The van der Waals surface area contributed by atoms with E-state index in [1.54, 1.807) is 0 Å². The summed E-state index contributed by atoms with van der Waals surface area (Å²) in [4.78, 5) is 19.3. The van der Waals surface area contributed by atoms with Crippen molar-refractivity contribution in [3.05, 3.63) is 125 Å². The molecule has 4 N–H and O–H groups in total. The van der Waals surface area contributed by atoms with Crippen LogP contribution in [0.4, 0.5) is 0 Å². The molecule has 0 unspecified atom stereocenters. The number of pyridine rings is 2. The molecule has 0 saturated heterocycles. The third-order valence-corrected chi connectivity index (χ3v) is 7.05. The highest BCUT2D eigenvalue weighted by Gasteiger charge is 2.08. The molecule has 0 aliphatic carbocycles. The number of aromatic amines is 1. The van der Waals surface area contributed by atoms with Gasteiger partial charge in [-0.15, -0.1) is 0 Å². The Bertz CT molecular complexity index is 1410. The Morgan fingerprint density at radius 3 is 1.98 bits per heavy atom. The number of benzene rings is 2. The SMILES string of the molecule is Clc1ccc2[nH]c(CNCc3ccc(CN(CCNCc4ccccn4)CCNCc4ccccn4)cc3)nc2c1. The zero-order chi connectivity index (χ0) is 28.1. The van der Waals surface area contributed by atoms with Crippen molar-refractivity contribution >= 4 is 22.6 Å². The first-order valence-corrected chi connectivity index (χ1v) is 14.5. The Balaban J connectivity index is 1.09. The van der Waals surface area contributed by atoms with Crippen molar-refractivity contribution in [1.82, 2.24) is 40.8 Å². The molecule has 3 aromatic heterocycles. The molecule has 0 saturated carbocycles. The number of nitrogens with one attached hydrogen (secondary N) is 4. The Morgan fingerprint density at radius 1 is 0.683 bits per heavy atom. The average Bonchev–Trinajstić information content (AvgIpc) is 3.41. The monoisotopic (exact) mass is 568 g/mol. The van der Waals surface area contributed by atoms with Gasteiger partial charge >= 0.3 is 0 Å². The molecule has 2 aromatic carbocycles. The van der Waals surface area contributed by atoms with E-state index in [9.17, 15) is 0 Å². The summed E-state index contributed by atoms with van der Waals surface area (Å²) in [6, 6.07) is 26.6. The van der Waals surface area contributed by atoms with E-state index < -0.39 is 0 Å². The maximum atomic E-state index is 6.08. The molecule has 0 fully saturated rings. The molecule has 0 bridgehead atoms. The highest BCUT2D eigenvalue weighted by atomic mass is 35.5. The van der Waals surface area contributed by atoms with Crippen LogP contribution in [0.25, 0.3) is 11.0 Å². The van der Waals surface area contributed by atoms with Crippen LogP contribution in [0.15, 0.2) is 91.3 Å². The van der Waals surface area contributed by atoms with Crippen molar-refractivity contribution < 1.29 is 0 Å². The first-order chi connectivity index (χ1) is 20.2. The molecular weight excluding hydrogens is 532 g/mol. The fourth-order valence-electron chi connectivity index (χ4n) is 4.64. The standard InChI is InChI=1S/C32H37ClN8/c33-27-11-12-30-31(19-27)40-32(39-30)23-36-20-25-7-9-26(10-8-25)24-41(17-15-34-21-28-5-1-3-13-37-28)18-16-35-22-29-6-2-4-14-38-29/h1-14,19,34-36H,15-18,20-24H2,(H,39,40). The van der Waals surface area contributed by atoms with E-state index in [0.29, 0.717) is 11.6 Å². The predicted octanol–water partition coefficient (Wildman–Crippen LogP) is 4.68. The second kappa shape index (κ2) is 15.4. The minimum absolute atomic E-state index is 0.666. The summed E-state index contributed by atoms with van der Waals surface area (Å²) in [5.74, 6) is 0.905. The predicted molar refractivity (Wildman–Crippen MR) is 165 cm³/mol. The fourth-order valence-corrected chi connectivity index (χ4v) is 4.81. The van der Waals surface area contributed by atoms with Crippen LogP contribution in [-0.2, 0) is 32.7 Å². The van der Waals surface area contributed by atoms with Gasteiger partial charge in [0.15, 0.2) is 0 Å². The molecule has 9 heteroatoms. The Kier molecular flexibility index (Phi) is 10.8. The summed E-state index contributed by atoms with van der Waals surface area (Å²) in [5, 5.41) is 11.3. The molecule has 0 atom stereocenters. The minimum Gasteiger partial charge on any atom is -0.341 e. The number of hydrogen-bond acceptors (Lipinski definition) is 7. The Labute approximate surface area is 246 Å². The van der Waals surface area contributed by atoms with Crippen LogP contribution in [-0.4, -0.2) is 51.0 Å². The number of nitrogens with zero attached hydrogens (tertiary/aromatic N) is 4. The van der Waals surface area contributed by atoms with E-state index >= 15 is 0 Å². The molecule has 8 nitrogen and oxygen atoms in total. The normalized spacial score (nSPS) is 11.5. The molecule has 3 heterocycles. The number of imidazole rings is 1.